The van der Waals surface area contributed by atoms with Gasteiger partial charge < -0.3 is 24.1 Å². The Labute approximate surface area is 197 Å². The number of ether oxygens (including phenoxy) is 3. The lowest BCUT2D eigenvalue weighted by atomic mass is 10.2. The predicted molar refractivity (Wildman–Crippen MR) is 130 cm³/mol. The van der Waals surface area contributed by atoms with Gasteiger partial charge in [-0.05, 0) is 36.8 Å². The first-order valence-corrected chi connectivity index (χ1v) is 13.0. The fourth-order valence-corrected chi connectivity index (χ4v) is 5.32. The second-order valence-electron chi connectivity index (χ2n) is 8.22. The van der Waals surface area contributed by atoms with E-state index in [-0.39, 0.29) is 11.5 Å². The summed E-state index contributed by atoms with van der Waals surface area (Å²) in [7, 11) is -1.27. The topological polar surface area (TPSA) is 107 Å². The molecule has 5 rings (SSSR count). The van der Waals surface area contributed by atoms with Crippen molar-refractivity contribution >= 4 is 31.6 Å². The number of H-pyrrole nitrogens is 1. The highest BCUT2D eigenvalue weighted by molar-refractivity contribution is 7.91. The highest BCUT2D eigenvalue weighted by Crippen LogP contribution is 2.36. The van der Waals surface area contributed by atoms with E-state index in [1.165, 1.54) is 6.33 Å². The summed E-state index contributed by atoms with van der Waals surface area (Å²) in [6.07, 6.45) is 4.13. The van der Waals surface area contributed by atoms with E-state index in [1.54, 1.807) is 7.11 Å². The van der Waals surface area contributed by atoms with Crippen molar-refractivity contribution < 1.29 is 22.6 Å². The Kier molecular flexibility index (Phi) is 6.25. The van der Waals surface area contributed by atoms with Crippen molar-refractivity contribution in [3.63, 3.8) is 0 Å². The Balaban J connectivity index is 1.28. The first kappa shape index (κ1) is 22.4. The zero-order valence-electron chi connectivity index (χ0n) is 18.9. The van der Waals surface area contributed by atoms with E-state index in [4.69, 9.17) is 14.2 Å². The molecule has 2 aromatic carbocycles. The molecule has 10 heteroatoms. The molecular weight excluding hydrogens is 456 g/mol. The number of hydrogen-bond donors (Lipinski definition) is 1. The lowest BCUT2D eigenvalue weighted by Crippen LogP contribution is -2.40. The van der Waals surface area contributed by atoms with Crippen LogP contribution in [0.4, 0.5) is 0 Å². The summed E-state index contributed by atoms with van der Waals surface area (Å²) in [6, 6.07) is 11.4. The molecule has 0 amide bonds. The van der Waals surface area contributed by atoms with Crippen LogP contribution in [0.2, 0.25) is 0 Å². The van der Waals surface area contributed by atoms with Gasteiger partial charge in [-0.1, -0.05) is 0 Å². The Hall–Kier alpha value is -3.37. The van der Waals surface area contributed by atoms with E-state index in [2.05, 4.69) is 19.9 Å². The Morgan fingerprint density at radius 1 is 1.06 bits per heavy atom. The minimum atomic E-state index is -2.86. The molecule has 0 aliphatic carbocycles. The van der Waals surface area contributed by atoms with Crippen LogP contribution in [0.3, 0.4) is 0 Å². The van der Waals surface area contributed by atoms with Gasteiger partial charge in [0, 0.05) is 42.8 Å². The average Bonchev–Trinajstić information content (AvgIpc) is 3.30. The van der Waals surface area contributed by atoms with Crippen molar-refractivity contribution in [1.82, 2.24) is 19.9 Å². The van der Waals surface area contributed by atoms with Gasteiger partial charge in [0.25, 0.3) is 0 Å². The lowest BCUT2D eigenvalue weighted by molar-refractivity contribution is 0.240. The third-order valence-corrected chi connectivity index (χ3v) is 7.55. The molecule has 34 heavy (non-hydrogen) atoms. The highest BCUT2D eigenvalue weighted by Gasteiger charge is 2.21. The van der Waals surface area contributed by atoms with Crippen molar-refractivity contribution in [2.45, 2.75) is 6.42 Å². The molecule has 1 N–H and O–H groups in total. The van der Waals surface area contributed by atoms with Crippen LogP contribution < -0.4 is 14.2 Å². The number of sulfone groups is 1. The van der Waals surface area contributed by atoms with Crippen LogP contribution in [0.25, 0.3) is 21.8 Å². The molecule has 4 aromatic rings. The van der Waals surface area contributed by atoms with E-state index < -0.39 is 9.84 Å². The predicted octanol–water partition coefficient (Wildman–Crippen LogP) is 3.41. The maximum atomic E-state index is 11.6. The number of hydrogen-bond acceptors (Lipinski definition) is 8. The van der Waals surface area contributed by atoms with Crippen molar-refractivity contribution in [3.8, 4) is 23.1 Å². The summed E-state index contributed by atoms with van der Waals surface area (Å²) < 4.78 is 40.8. The van der Waals surface area contributed by atoms with Crippen LogP contribution in [0, 0.1) is 0 Å². The van der Waals surface area contributed by atoms with Gasteiger partial charge in [-0.15, -0.1) is 0 Å². The molecule has 1 fully saturated rings. The molecule has 0 bridgehead atoms. The molecule has 3 heterocycles. The maximum absolute atomic E-state index is 11.6. The molecule has 1 aliphatic rings. The van der Waals surface area contributed by atoms with Gasteiger partial charge >= 0.3 is 0 Å². The third-order valence-electron chi connectivity index (χ3n) is 5.94. The van der Waals surface area contributed by atoms with Crippen LogP contribution in [-0.4, -0.2) is 73.1 Å². The summed E-state index contributed by atoms with van der Waals surface area (Å²) in [5.41, 5.74) is 1.72. The molecule has 2 aromatic heterocycles. The zero-order valence-corrected chi connectivity index (χ0v) is 19.7. The van der Waals surface area contributed by atoms with E-state index in [9.17, 15) is 8.42 Å². The van der Waals surface area contributed by atoms with Crippen molar-refractivity contribution in [2.24, 2.45) is 0 Å². The second-order valence-corrected chi connectivity index (χ2v) is 10.5. The van der Waals surface area contributed by atoms with Crippen LogP contribution in [-0.2, 0) is 9.84 Å². The van der Waals surface area contributed by atoms with Gasteiger partial charge in [0.15, 0.2) is 21.3 Å². The molecule has 9 nitrogen and oxygen atoms in total. The largest absolute Gasteiger partial charge is 0.493 e. The second kappa shape index (κ2) is 9.47. The first-order chi connectivity index (χ1) is 16.5. The van der Waals surface area contributed by atoms with Crippen LogP contribution in [0.15, 0.2) is 48.9 Å². The number of nitrogens with zero attached hydrogens (tertiary/aromatic N) is 3. The van der Waals surface area contributed by atoms with Crippen LogP contribution in [0.5, 0.6) is 23.1 Å². The SMILES string of the molecule is COc1cc2c(Oc3ccc4[nH]ccc4c3)ncnc2cc1OCCCN1CCS(=O)(=O)CC1. The maximum Gasteiger partial charge on any atom is 0.230 e. The molecule has 0 spiro atoms. The molecule has 0 saturated carbocycles. The summed E-state index contributed by atoms with van der Waals surface area (Å²) in [6.45, 7) is 2.43. The number of benzene rings is 2. The normalized spacial score (nSPS) is 16.0. The van der Waals surface area contributed by atoms with E-state index >= 15 is 0 Å². The van der Waals surface area contributed by atoms with Gasteiger partial charge in [0.05, 0.1) is 36.1 Å². The van der Waals surface area contributed by atoms with Gasteiger partial charge in [-0.2, -0.15) is 0 Å². The minimum Gasteiger partial charge on any atom is -0.493 e. The minimum absolute atomic E-state index is 0.232. The van der Waals surface area contributed by atoms with E-state index in [0.29, 0.717) is 48.3 Å². The van der Waals surface area contributed by atoms with Gasteiger partial charge in [0.2, 0.25) is 5.88 Å². The molecule has 1 saturated heterocycles. The summed E-state index contributed by atoms with van der Waals surface area (Å²) >= 11 is 0. The number of aromatic amines is 1. The highest BCUT2D eigenvalue weighted by atomic mass is 32.2. The summed E-state index contributed by atoms with van der Waals surface area (Å²) in [5, 5.41) is 1.77. The quantitative estimate of drug-likeness (QED) is 0.381. The van der Waals surface area contributed by atoms with Gasteiger partial charge in [-0.3, -0.25) is 0 Å². The third kappa shape index (κ3) is 4.92. The smallest absolute Gasteiger partial charge is 0.230 e. The average molecular weight is 483 g/mol. The Bertz CT molecular complexity index is 1410. The fourth-order valence-electron chi connectivity index (χ4n) is 4.04. The molecule has 1 aliphatic heterocycles. The summed E-state index contributed by atoms with van der Waals surface area (Å²) in [4.78, 5) is 14.0. The number of fused-ring (bicyclic) bond motifs is 2. The van der Waals surface area contributed by atoms with E-state index in [0.717, 1.165) is 29.3 Å². The standard InChI is InChI=1S/C24H26N4O5S/c1-31-22-14-19-21(15-23(22)32-10-2-7-28-8-11-34(29,30)12-9-28)26-16-27-24(19)33-18-3-4-20-17(13-18)5-6-25-20/h3-6,13-16,25H,2,7-12H2,1H3. The Morgan fingerprint density at radius 2 is 1.91 bits per heavy atom. The zero-order chi connectivity index (χ0) is 23.5. The Morgan fingerprint density at radius 3 is 2.74 bits per heavy atom. The number of methoxy groups -OCH3 is 1. The van der Waals surface area contributed by atoms with Crippen molar-refractivity contribution in [1.29, 1.82) is 0 Å². The van der Waals surface area contributed by atoms with Gasteiger partial charge in [0.1, 0.15) is 12.1 Å². The van der Waals surface area contributed by atoms with Crippen LogP contribution in [0.1, 0.15) is 6.42 Å². The van der Waals surface area contributed by atoms with Crippen molar-refractivity contribution in [2.75, 3.05) is 44.9 Å². The number of nitrogens with one attached hydrogen (secondary N) is 1. The van der Waals surface area contributed by atoms with Gasteiger partial charge in [-0.25, -0.2) is 18.4 Å². The van der Waals surface area contributed by atoms with Crippen molar-refractivity contribution in [3.05, 3.63) is 48.9 Å². The van der Waals surface area contributed by atoms with E-state index in [1.807, 2.05) is 42.6 Å². The molecule has 0 radical (unpaired) electrons. The molecule has 0 atom stereocenters. The monoisotopic (exact) mass is 482 g/mol. The van der Waals surface area contributed by atoms with Crippen LogP contribution >= 0.6 is 0 Å². The molecular formula is C24H26N4O5S. The number of rotatable bonds is 8. The molecule has 0 unspecified atom stereocenters. The first-order valence-electron chi connectivity index (χ1n) is 11.1. The lowest BCUT2D eigenvalue weighted by Gasteiger charge is -2.26. The molecule has 178 valence electrons. The summed E-state index contributed by atoms with van der Waals surface area (Å²) in [5.74, 6) is 2.74. The fraction of sp³-hybridized carbons (Fsp3) is 0.333. The number of aromatic nitrogens is 3.